The molecule has 5 heteroatoms. The highest BCUT2D eigenvalue weighted by atomic mass is 16.4. The molecule has 1 heterocycles. The summed E-state index contributed by atoms with van der Waals surface area (Å²) in [7, 11) is 0. The van der Waals surface area contributed by atoms with Crippen molar-refractivity contribution in [1.82, 2.24) is 10.6 Å². The van der Waals surface area contributed by atoms with Crippen LogP contribution in [0.4, 0.5) is 4.79 Å². The van der Waals surface area contributed by atoms with Crippen LogP contribution in [0.2, 0.25) is 0 Å². The highest BCUT2D eigenvalue weighted by molar-refractivity contribution is 5.99. The largest absolute Gasteiger partial charge is 0.465 e. The molecule has 0 saturated heterocycles. The molecule has 1 aromatic carbocycles. The number of rotatable bonds is 4. The van der Waals surface area contributed by atoms with E-state index in [4.69, 9.17) is 5.11 Å². The molecule has 3 N–H and O–H groups in total. The summed E-state index contributed by atoms with van der Waals surface area (Å²) < 4.78 is 0. The van der Waals surface area contributed by atoms with Crippen LogP contribution in [0.5, 0.6) is 0 Å². The lowest BCUT2D eigenvalue weighted by Crippen LogP contribution is -2.23. The minimum atomic E-state index is -0.980. The fourth-order valence-electron chi connectivity index (χ4n) is 1.73. The summed E-state index contributed by atoms with van der Waals surface area (Å²) in [5, 5.41) is 14.0. The minimum absolute atomic E-state index is 0.438. The Hall–Kier alpha value is -2.04. The van der Waals surface area contributed by atoms with E-state index in [1.54, 1.807) is 0 Å². The first-order valence-corrected chi connectivity index (χ1v) is 5.60. The van der Waals surface area contributed by atoms with Crippen LogP contribution in [0.1, 0.15) is 11.1 Å². The maximum Gasteiger partial charge on any atom is 0.404 e. The Morgan fingerprint density at radius 1 is 1.41 bits per heavy atom. The minimum Gasteiger partial charge on any atom is -0.465 e. The zero-order chi connectivity index (χ0) is 12.1. The van der Waals surface area contributed by atoms with E-state index < -0.39 is 6.09 Å². The summed E-state index contributed by atoms with van der Waals surface area (Å²) in [6.45, 7) is 2.17. The number of nitrogens with one attached hydrogen (secondary N) is 2. The van der Waals surface area contributed by atoms with Crippen molar-refractivity contribution < 1.29 is 9.90 Å². The number of hydrogen-bond donors (Lipinski definition) is 3. The summed E-state index contributed by atoms with van der Waals surface area (Å²) >= 11 is 0. The molecular formula is C12H15N3O2. The van der Waals surface area contributed by atoms with Gasteiger partial charge in [-0.3, -0.25) is 4.99 Å². The Balaban J connectivity index is 1.91. The van der Waals surface area contributed by atoms with Crippen LogP contribution >= 0.6 is 0 Å². The topological polar surface area (TPSA) is 73.7 Å². The first kappa shape index (κ1) is 11.4. The van der Waals surface area contributed by atoms with Crippen molar-refractivity contribution >= 4 is 11.9 Å². The fraction of sp³-hybridized carbons (Fsp3) is 0.333. The molecule has 0 aliphatic carbocycles. The maximum atomic E-state index is 10.3. The van der Waals surface area contributed by atoms with E-state index in [2.05, 4.69) is 15.6 Å². The molecule has 17 heavy (non-hydrogen) atoms. The summed E-state index contributed by atoms with van der Waals surface area (Å²) in [6, 6.07) is 8.02. The molecule has 0 bridgehead atoms. The first-order chi connectivity index (χ1) is 8.25. The molecule has 0 spiro atoms. The third-order valence-electron chi connectivity index (χ3n) is 2.59. The van der Waals surface area contributed by atoms with Crippen molar-refractivity contribution in [2.75, 3.05) is 19.6 Å². The van der Waals surface area contributed by atoms with Gasteiger partial charge >= 0.3 is 6.09 Å². The molecule has 1 aromatic rings. The van der Waals surface area contributed by atoms with E-state index in [-0.39, 0.29) is 0 Å². The van der Waals surface area contributed by atoms with Gasteiger partial charge in [0.05, 0.1) is 6.54 Å². The Kier molecular flexibility index (Phi) is 3.59. The second kappa shape index (κ2) is 5.34. The van der Waals surface area contributed by atoms with Gasteiger partial charge < -0.3 is 15.7 Å². The third kappa shape index (κ3) is 3.21. The predicted molar refractivity (Wildman–Crippen MR) is 65.6 cm³/mol. The molecule has 0 unspecified atom stereocenters. The van der Waals surface area contributed by atoms with Crippen molar-refractivity contribution in [3.05, 3.63) is 35.4 Å². The van der Waals surface area contributed by atoms with Crippen LogP contribution in [-0.2, 0) is 6.42 Å². The molecule has 5 nitrogen and oxygen atoms in total. The lowest BCUT2D eigenvalue weighted by molar-refractivity contribution is 0.194. The van der Waals surface area contributed by atoms with Crippen LogP contribution in [0.25, 0.3) is 0 Å². The van der Waals surface area contributed by atoms with E-state index in [9.17, 15) is 4.79 Å². The van der Waals surface area contributed by atoms with Gasteiger partial charge in [0, 0.05) is 18.7 Å². The SMILES string of the molecule is O=C(O)NCCc1ccc(C2=NCCN2)cc1. The Labute approximate surface area is 99.6 Å². The standard InChI is InChI=1S/C12H15N3O2/c16-12(17)15-6-5-9-1-3-10(4-2-9)11-13-7-8-14-11/h1-4,15H,5-8H2,(H,13,14)(H,16,17). The highest BCUT2D eigenvalue weighted by Gasteiger charge is 2.07. The summed E-state index contributed by atoms with van der Waals surface area (Å²) in [5.74, 6) is 0.945. The highest BCUT2D eigenvalue weighted by Crippen LogP contribution is 2.07. The Morgan fingerprint density at radius 3 is 2.76 bits per heavy atom. The van der Waals surface area contributed by atoms with Crippen molar-refractivity contribution in [2.45, 2.75) is 6.42 Å². The van der Waals surface area contributed by atoms with Gasteiger partial charge in [0.2, 0.25) is 0 Å². The van der Waals surface area contributed by atoms with Gasteiger partial charge in [-0.05, 0) is 12.0 Å². The average molecular weight is 233 g/mol. The van der Waals surface area contributed by atoms with Gasteiger partial charge in [-0.1, -0.05) is 24.3 Å². The summed E-state index contributed by atoms with van der Waals surface area (Å²) in [6.07, 6.45) is -0.280. The Morgan fingerprint density at radius 2 is 2.18 bits per heavy atom. The number of carbonyl (C=O) groups is 1. The van der Waals surface area contributed by atoms with Crippen molar-refractivity contribution in [3.63, 3.8) is 0 Å². The number of carboxylic acid groups (broad SMARTS) is 1. The van der Waals surface area contributed by atoms with Crippen molar-refractivity contribution in [1.29, 1.82) is 0 Å². The first-order valence-electron chi connectivity index (χ1n) is 5.60. The number of amides is 1. The predicted octanol–water partition coefficient (Wildman–Crippen LogP) is 0.846. The molecule has 0 radical (unpaired) electrons. The second-order valence-electron chi connectivity index (χ2n) is 3.84. The van der Waals surface area contributed by atoms with Gasteiger partial charge in [0.15, 0.2) is 0 Å². The third-order valence-corrected chi connectivity index (χ3v) is 2.59. The van der Waals surface area contributed by atoms with Crippen molar-refractivity contribution in [3.8, 4) is 0 Å². The lowest BCUT2D eigenvalue weighted by atomic mass is 10.1. The summed E-state index contributed by atoms with van der Waals surface area (Å²) in [5.41, 5.74) is 2.19. The van der Waals surface area contributed by atoms with Gasteiger partial charge in [-0.25, -0.2) is 4.79 Å². The monoisotopic (exact) mass is 233 g/mol. The number of hydrogen-bond acceptors (Lipinski definition) is 3. The quantitative estimate of drug-likeness (QED) is 0.721. The normalized spacial score (nSPS) is 14.0. The molecule has 0 atom stereocenters. The number of amidine groups is 1. The fourth-order valence-corrected chi connectivity index (χ4v) is 1.73. The molecule has 0 saturated carbocycles. The van der Waals surface area contributed by atoms with E-state index >= 15 is 0 Å². The van der Waals surface area contributed by atoms with Gasteiger partial charge in [0.25, 0.3) is 0 Å². The Bertz CT molecular complexity index is 426. The molecule has 1 amide bonds. The molecule has 0 aromatic heterocycles. The molecule has 90 valence electrons. The molecular weight excluding hydrogens is 218 g/mol. The zero-order valence-corrected chi connectivity index (χ0v) is 9.44. The summed E-state index contributed by atoms with van der Waals surface area (Å²) in [4.78, 5) is 14.6. The molecule has 1 aliphatic rings. The van der Waals surface area contributed by atoms with Gasteiger partial charge in [-0.15, -0.1) is 0 Å². The van der Waals surface area contributed by atoms with Crippen LogP contribution in [-0.4, -0.2) is 36.7 Å². The van der Waals surface area contributed by atoms with E-state index in [0.29, 0.717) is 13.0 Å². The molecule has 1 aliphatic heterocycles. The van der Waals surface area contributed by atoms with Gasteiger partial charge in [0.1, 0.15) is 5.84 Å². The van der Waals surface area contributed by atoms with E-state index in [0.717, 1.165) is 30.1 Å². The number of benzene rings is 1. The van der Waals surface area contributed by atoms with Crippen LogP contribution < -0.4 is 10.6 Å². The maximum absolute atomic E-state index is 10.3. The van der Waals surface area contributed by atoms with E-state index in [1.807, 2.05) is 24.3 Å². The van der Waals surface area contributed by atoms with E-state index in [1.165, 1.54) is 0 Å². The van der Waals surface area contributed by atoms with Crippen molar-refractivity contribution in [2.24, 2.45) is 4.99 Å². The van der Waals surface area contributed by atoms with Gasteiger partial charge in [-0.2, -0.15) is 0 Å². The van der Waals surface area contributed by atoms with Crippen LogP contribution in [0.3, 0.4) is 0 Å². The van der Waals surface area contributed by atoms with Crippen LogP contribution in [0.15, 0.2) is 29.3 Å². The lowest BCUT2D eigenvalue weighted by Gasteiger charge is -2.05. The number of aliphatic imine (C=N–C) groups is 1. The van der Waals surface area contributed by atoms with Crippen LogP contribution in [0, 0.1) is 0 Å². The smallest absolute Gasteiger partial charge is 0.404 e. The average Bonchev–Trinajstić information content (AvgIpc) is 2.83. The molecule has 0 fully saturated rings. The molecule has 2 rings (SSSR count). The zero-order valence-electron chi connectivity index (χ0n) is 9.44. The number of nitrogens with zero attached hydrogens (tertiary/aromatic N) is 1. The second-order valence-corrected chi connectivity index (χ2v) is 3.84.